The molecule has 0 bridgehead atoms. The second kappa shape index (κ2) is 4.37. The molecule has 0 aliphatic carbocycles. The average molecular weight is 218 g/mol. The molecule has 1 heterocycles. The lowest BCUT2D eigenvalue weighted by Gasteiger charge is -2.10. The predicted octanol–water partition coefficient (Wildman–Crippen LogP) is 1.63. The molecule has 0 amide bonds. The molecule has 0 aliphatic rings. The summed E-state index contributed by atoms with van der Waals surface area (Å²) in [6.07, 6.45) is 3.02. The van der Waals surface area contributed by atoms with Crippen LogP contribution in [0.5, 0.6) is 5.75 Å². The summed E-state index contributed by atoms with van der Waals surface area (Å²) in [7, 11) is 0. The van der Waals surface area contributed by atoms with E-state index in [1.807, 2.05) is 13.1 Å². The Morgan fingerprint density at radius 2 is 2.00 bits per heavy atom. The highest BCUT2D eigenvalue weighted by molar-refractivity contribution is 5.27. The largest absolute Gasteiger partial charge is 0.508 e. The second-order valence-electron chi connectivity index (χ2n) is 3.85. The number of aromatic hydroxyl groups is 1. The molecule has 4 nitrogen and oxygen atoms in total. The summed E-state index contributed by atoms with van der Waals surface area (Å²) >= 11 is 0. The van der Waals surface area contributed by atoms with Gasteiger partial charge in [0.2, 0.25) is 0 Å². The van der Waals surface area contributed by atoms with Crippen LogP contribution < -0.4 is 0 Å². The minimum Gasteiger partial charge on any atom is -0.508 e. The van der Waals surface area contributed by atoms with Gasteiger partial charge in [-0.05, 0) is 30.2 Å². The van der Waals surface area contributed by atoms with Gasteiger partial charge in [-0.2, -0.15) is 5.10 Å². The summed E-state index contributed by atoms with van der Waals surface area (Å²) in [4.78, 5) is 0. The van der Waals surface area contributed by atoms with E-state index < -0.39 is 6.10 Å². The van der Waals surface area contributed by atoms with Crippen molar-refractivity contribution in [3.8, 4) is 5.75 Å². The number of aliphatic hydroxyl groups is 1. The van der Waals surface area contributed by atoms with E-state index in [4.69, 9.17) is 5.11 Å². The Labute approximate surface area is 93.8 Å². The molecule has 0 fully saturated rings. The number of hydrogen-bond donors (Lipinski definition) is 2. The fraction of sp³-hybridized carbons (Fsp3) is 0.250. The third-order valence-corrected chi connectivity index (χ3v) is 2.40. The number of benzene rings is 1. The number of rotatable bonds is 3. The fourth-order valence-corrected chi connectivity index (χ4v) is 1.55. The summed E-state index contributed by atoms with van der Waals surface area (Å²) < 4.78 is 1.70. The summed E-state index contributed by atoms with van der Waals surface area (Å²) in [5.74, 6) is 0.200. The van der Waals surface area contributed by atoms with Gasteiger partial charge in [0.1, 0.15) is 5.75 Å². The first-order chi connectivity index (χ1) is 7.65. The Kier molecular flexibility index (Phi) is 2.92. The highest BCUT2D eigenvalue weighted by Crippen LogP contribution is 2.18. The van der Waals surface area contributed by atoms with E-state index in [9.17, 15) is 5.11 Å². The van der Waals surface area contributed by atoms with Gasteiger partial charge in [0.25, 0.3) is 0 Å². The molecule has 1 aromatic carbocycles. The standard InChI is InChI=1S/C12H14N2O2/c1-9-6-13-14(7-9)8-12(16)10-2-4-11(15)5-3-10/h2-7,12,15-16H,8H2,1H3. The Morgan fingerprint density at radius 1 is 1.31 bits per heavy atom. The second-order valence-corrected chi connectivity index (χ2v) is 3.85. The van der Waals surface area contributed by atoms with Crippen LogP contribution in [-0.2, 0) is 6.54 Å². The highest BCUT2D eigenvalue weighted by Gasteiger charge is 2.08. The van der Waals surface area contributed by atoms with Gasteiger partial charge in [0.05, 0.1) is 18.8 Å². The van der Waals surface area contributed by atoms with Crippen molar-refractivity contribution in [1.82, 2.24) is 9.78 Å². The van der Waals surface area contributed by atoms with E-state index in [0.717, 1.165) is 11.1 Å². The first kappa shape index (κ1) is 10.7. The van der Waals surface area contributed by atoms with Gasteiger partial charge in [-0.1, -0.05) is 12.1 Å². The lowest BCUT2D eigenvalue weighted by molar-refractivity contribution is 0.151. The quantitative estimate of drug-likeness (QED) is 0.823. The van der Waals surface area contributed by atoms with Crippen molar-refractivity contribution in [3.05, 3.63) is 47.8 Å². The highest BCUT2D eigenvalue weighted by atomic mass is 16.3. The first-order valence-corrected chi connectivity index (χ1v) is 5.11. The molecule has 2 N–H and O–H groups in total. The van der Waals surface area contributed by atoms with Crippen molar-refractivity contribution in [1.29, 1.82) is 0 Å². The maximum absolute atomic E-state index is 9.93. The Balaban J connectivity index is 2.08. The molecule has 0 saturated carbocycles. The van der Waals surface area contributed by atoms with Gasteiger partial charge >= 0.3 is 0 Å². The molecule has 0 saturated heterocycles. The van der Waals surface area contributed by atoms with E-state index in [1.54, 1.807) is 35.1 Å². The number of phenolic OH excluding ortho intramolecular Hbond substituents is 1. The molecule has 0 aliphatic heterocycles. The van der Waals surface area contributed by atoms with Crippen molar-refractivity contribution >= 4 is 0 Å². The maximum atomic E-state index is 9.93. The molecule has 4 heteroatoms. The average Bonchev–Trinajstić information content (AvgIpc) is 2.65. The number of aryl methyl sites for hydroxylation is 1. The van der Waals surface area contributed by atoms with Crippen molar-refractivity contribution in [2.24, 2.45) is 0 Å². The summed E-state index contributed by atoms with van der Waals surface area (Å²) in [6.45, 7) is 2.37. The lowest BCUT2D eigenvalue weighted by Crippen LogP contribution is -2.08. The van der Waals surface area contributed by atoms with E-state index >= 15 is 0 Å². The van der Waals surface area contributed by atoms with Gasteiger partial charge in [0.15, 0.2) is 0 Å². The first-order valence-electron chi connectivity index (χ1n) is 5.11. The van der Waals surface area contributed by atoms with Crippen LogP contribution in [0, 0.1) is 6.92 Å². The monoisotopic (exact) mass is 218 g/mol. The van der Waals surface area contributed by atoms with Crippen molar-refractivity contribution in [2.45, 2.75) is 19.6 Å². The SMILES string of the molecule is Cc1cnn(CC(O)c2ccc(O)cc2)c1. The van der Waals surface area contributed by atoms with Gasteiger partial charge in [0, 0.05) is 6.20 Å². The molecular formula is C12H14N2O2. The smallest absolute Gasteiger partial charge is 0.115 e. The van der Waals surface area contributed by atoms with Crippen LogP contribution in [0.3, 0.4) is 0 Å². The number of phenols is 1. The topological polar surface area (TPSA) is 58.3 Å². The van der Waals surface area contributed by atoms with Crippen LogP contribution in [0.15, 0.2) is 36.7 Å². The minimum atomic E-state index is -0.611. The number of aliphatic hydroxyl groups excluding tert-OH is 1. The third-order valence-electron chi connectivity index (χ3n) is 2.40. The van der Waals surface area contributed by atoms with Crippen LogP contribution in [0.2, 0.25) is 0 Å². The number of nitrogens with zero attached hydrogens (tertiary/aromatic N) is 2. The van der Waals surface area contributed by atoms with Gasteiger partial charge in [-0.25, -0.2) is 0 Å². The normalized spacial score (nSPS) is 12.6. The van der Waals surface area contributed by atoms with Crippen molar-refractivity contribution in [3.63, 3.8) is 0 Å². The van der Waals surface area contributed by atoms with Crippen LogP contribution in [-0.4, -0.2) is 20.0 Å². The summed E-state index contributed by atoms with van der Waals surface area (Å²) in [5, 5.41) is 23.2. The molecule has 0 radical (unpaired) electrons. The van der Waals surface area contributed by atoms with E-state index in [1.165, 1.54) is 0 Å². The predicted molar refractivity (Wildman–Crippen MR) is 60.0 cm³/mol. The Bertz CT molecular complexity index is 462. The van der Waals surface area contributed by atoms with Crippen LogP contribution in [0.25, 0.3) is 0 Å². The molecular weight excluding hydrogens is 204 g/mol. The van der Waals surface area contributed by atoms with Gasteiger partial charge < -0.3 is 10.2 Å². The Hall–Kier alpha value is -1.81. The zero-order valence-electron chi connectivity index (χ0n) is 9.04. The van der Waals surface area contributed by atoms with Crippen molar-refractivity contribution < 1.29 is 10.2 Å². The third kappa shape index (κ3) is 2.41. The summed E-state index contributed by atoms with van der Waals surface area (Å²) in [6, 6.07) is 6.53. The van der Waals surface area contributed by atoms with Gasteiger partial charge in [-0.15, -0.1) is 0 Å². The van der Waals surface area contributed by atoms with E-state index in [-0.39, 0.29) is 5.75 Å². The molecule has 0 spiro atoms. The molecule has 1 aromatic heterocycles. The maximum Gasteiger partial charge on any atom is 0.115 e. The van der Waals surface area contributed by atoms with E-state index in [2.05, 4.69) is 5.10 Å². The van der Waals surface area contributed by atoms with Crippen LogP contribution in [0.4, 0.5) is 0 Å². The molecule has 1 atom stereocenters. The molecule has 2 rings (SSSR count). The molecule has 2 aromatic rings. The molecule has 1 unspecified atom stereocenters. The zero-order valence-corrected chi connectivity index (χ0v) is 9.04. The van der Waals surface area contributed by atoms with Crippen LogP contribution in [0.1, 0.15) is 17.2 Å². The molecule has 16 heavy (non-hydrogen) atoms. The minimum absolute atomic E-state index is 0.200. The fourth-order valence-electron chi connectivity index (χ4n) is 1.55. The number of aromatic nitrogens is 2. The number of hydrogen-bond acceptors (Lipinski definition) is 3. The molecule has 84 valence electrons. The lowest BCUT2D eigenvalue weighted by atomic mass is 10.1. The Morgan fingerprint density at radius 3 is 2.56 bits per heavy atom. The van der Waals surface area contributed by atoms with E-state index in [0.29, 0.717) is 6.54 Å². The van der Waals surface area contributed by atoms with Crippen LogP contribution >= 0.6 is 0 Å². The summed E-state index contributed by atoms with van der Waals surface area (Å²) in [5.41, 5.74) is 1.84. The zero-order chi connectivity index (χ0) is 11.5. The van der Waals surface area contributed by atoms with Crippen molar-refractivity contribution in [2.75, 3.05) is 0 Å². The van der Waals surface area contributed by atoms with Gasteiger partial charge in [-0.3, -0.25) is 4.68 Å².